The summed E-state index contributed by atoms with van der Waals surface area (Å²) in [5, 5.41) is 11.6. The maximum Gasteiger partial charge on any atom is 0.229 e. The first kappa shape index (κ1) is 24.9. The predicted molar refractivity (Wildman–Crippen MR) is 153 cm³/mol. The van der Waals surface area contributed by atoms with Crippen molar-refractivity contribution >= 4 is 55.1 Å². The molecule has 2 aliphatic rings. The third-order valence-corrected chi connectivity index (χ3v) is 8.85. The summed E-state index contributed by atoms with van der Waals surface area (Å²) in [6.45, 7) is 0.783. The highest BCUT2D eigenvalue weighted by Crippen LogP contribution is 2.32. The van der Waals surface area contributed by atoms with Gasteiger partial charge in [-0.25, -0.2) is 4.98 Å². The van der Waals surface area contributed by atoms with Crippen LogP contribution in [0.4, 0.5) is 10.8 Å². The number of anilines is 2. The molecule has 2 heterocycles. The second-order valence-corrected chi connectivity index (χ2v) is 11.7. The van der Waals surface area contributed by atoms with E-state index in [4.69, 9.17) is 0 Å². The average molecular weight is 528 g/mol. The lowest BCUT2D eigenvalue weighted by atomic mass is 9.85. The van der Waals surface area contributed by atoms with Gasteiger partial charge >= 0.3 is 0 Å². The van der Waals surface area contributed by atoms with Gasteiger partial charge in [0.1, 0.15) is 0 Å². The van der Waals surface area contributed by atoms with Crippen LogP contribution >= 0.6 is 11.3 Å². The normalized spacial score (nSPS) is 20.1. The molecule has 38 heavy (non-hydrogen) atoms. The molecule has 0 unspecified atom stereocenters. The van der Waals surface area contributed by atoms with Crippen LogP contribution in [-0.2, 0) is 16.1 Å². The number of aromatic nitrogens is 2. The molecule has 2 fully saturated rings. The smallest absolute Gasteiger partial charge is 0.229 e. The minimum atomic E-state index is -0.0135. The Morgan fingerprint density at radius 2 is 1.68 bits per heavy atom. The van der Waals surface area contributed by atoms with Gasteiger partial charge in [0.25, 0.3) is 0 Å². The van der Waals surface area contributed by atoms with Crippen molar-refractivity contribution in [2.24, 2.45) is 11.8 Å². The van der Waals surface area contributed by atoms with E-state index < -0.39 is 0 Å². The van der Waals surface area contributed by atoms with Gasteiger partial charge in [-0.2, -0.15) is 0 Å². The highest BCUT2D eigenvalue weighted by molar-refractivity contribution is 7.22. The average Bonchev–Trinajstić information content (AvgIpc) is 3.62. The lowest BCUT2D eigenvalue weighted by molar-refractivity contribution is -0.121. The highest BCUT2D eigenvalue weighted by atomic mass is 32.1. The second kappa shape index (κ2) is 11.2. The molecular weight excluding hydrogens is 494 g/mol. The highest BCUT2D eigenvalue weighted by Gasteiger charge is 2.27. The number of thiazole rings is 1. The molecule has 0 radical (unpaired) electrons. The Kier molecular flexibility index (Phi) is 7.33. The summed E-state index contributed by atoms with van der Waals surface area (Å²) in [6.07, 6.45) is 9.86. The summed E-state index contributed by atoms with van der Waals surface area (Å²) in [7, 11) is 0. The van der Waals surface area contributed by atoms with E-state index in [0.717, 1.165) is 84.7 Å². The van der Waals surface area contributed by atoms with Gasteiger partial charge in [-0.1, -0.05) is 42.7 Å². The lowest BCUT2D eigenvalue weighted by Crippen LogP contribution is -2.37. The number of benzene rings is 2. The number of hydrogen-bond donors (Lipinski definition) is 3. The summed E-state index contributed by atoms with van der Waals surface area (Å²) in [5.41, 5.74) is 3.85. The van der Waals surface area contributed by atoms with Crippen molar-refractivity contribution in [3.8, 4) is 0 Å². The molecule has 0 saturated heterocycles. The first-order valence-electron chi connectivity index (χ1n) is 13.7. The zero-order chi connectivity index (χ0) is 25.9. The Bertz CT molecular complexity index is 1460. The SMILES string of the molecule is O=C(Nc1nc2ccc(NC(=O)[C@@H]3CCC[C@H](NCc4ccc5ncccc5c4)C3)cc2s1)C1CCCC1. The molecule has 2 aromatic heterocycles. The van der Waals surface area contributed by atoms with Crippen LogP contribution in [0.3, 0.4) is 0 Å². The molecule has 0 aliphatic heterocycles. The monoisotopic (exact) mass is 527 g/mol. The molecule has 3 N–H and O–H groups in total. The third-order valence-electron chi connectivity index (χ3n) is 7.92. The molecular formula is C30H33N5O2S. The molecule has 0 spiro atoms. The number of rotatable bonds is 7. The Labute approximate surface area is 226 Å². The van der Waals surface area contributed by atoms with Crippen LogP contribution in [0.5, 0.6) is 0 Å². The number of nitrogens with zero attached hydrogens (tertiary/aromatic N) is 2. The van der Waals surface area contributed by atoms with Gasteiger partial charge in [0.15, 0.2) is 5.13 Å². The quantitative estimate of drug-likeness (QED) is 0.264. The zero-order valence-corrected chi connectivity index (χ0v) is 22.2. The minimum Gasteiger partial charge on any atom is -0.326 e. The standard InChI is InChI=1S/C30H33N5O2S/c36-28(20-5-1-2-6-20)35-30-34-26-13-11-24(17-27(26)38-30)33-29(37)22-7-3-9-23(16-22)32-18-19-10-12-25-21(15-19)8-4-14-31-25/h4,8,10-15,17,20,22-23,32H,1-3,5-7,9,16,18H2,(H,33,37)(H,34,35,36)/t22-,23+/m1/s1. The fourth-order valence-electron chi connectivity index (χ4n) is 5.81. The Morgan fingerprint density at radius 3 is 2.58 bits per heavy atom. The maximum absolute atomic E-state index is 13.2. The van der Waals surface area contributed by atoms with E-state index in [0.29, 0.717) is 11.2 Å². The predicted octanol–water partition coefficient (Wildman–Crippen LogP) is 6.26. The van der Waals surface area contributed by atoms with Crippen LogP contribution in [0.1, 0.15) is 56.9 Å². The van der Waals surface area contributed by atoms with E-state index in [2.05, 4.69) is 50.2 Å². The van der Waals surface area contributed by atoms with Crippen molar-refractivity contribution in [3.05, 3.63) is 60.3 Å². The number of carbonyl (C=O) groups excluding carboxylic acids is 2. The van der Waals surface area contributed by atoms with Crippen molar-refractivity contribution < 1.29 is 9.59 Å². The number of fused-ring (bicyclic) bond motifs is 2. The van der Waals surface area contributed by atoms with Crippen LogP contribution in [-0.4, -0.2) is 27.8 Å². The molecule has 2 aliphatic carbocycles. The Morgan fingerprint density at radius 1 is 0.868 bits per heavy atom. The fourth-order valence-corrected chi connectivity index (χ4v) is 6.71. The van der Waals surface area contributed by atoms with Gasteiger partial charge in [0.05, 0.1) is 15.7 Å². The van der Waals surface area contributed by atoms with E-state index >= 15 is 0 Å². The van der Waals surface area contributed by atoms with Gasteiger partial charge in [-0.05, 0) is 74.1 Å². The summed E-state index contributed by atoms with van der Waals surface area (Å²) in [4.78, 5) is 34.6. The van der Waals surface area contributed by atoms with Crippen LogP contribution in [0.15, 0.2) is 54.7 Å². The Hall–Kier alpha value is -3.36. The maximum atomic E-state index is 13.2. The molecule has 196 valence electrons. The molecule has 6 rings (SSSR count). The van der Waals surface area contributed by atoms with Crippen molar-refractivity contribution in [2.75, 3.05) is 10.6 Å². The van der Waals surface area contributed by atoms with Crippen molar-refractivity contribution in [2.45, 2.75) is 64.0 Å². The van der Waals surface area contributed by atoms with Gasteiger partial charge in [0, 0.05) is 41.7 Å². The Balaban J connectivity index is 1.04. The van der Waals surface area contributed by atoms with Gasteiger partial charge in [-0.15, -0.1) is 0 Å². The molecule has 2 aromatic carbocycles. The molecule has 7 nitrogen and oxygen atoms in total. The van der Waals surface area contributed by atoms with E-state index in [1.165, 1.54) is 16.9 Å². The van der Waals surface area contributed by atoms with Gasteiger partial charge in [0.2, 0.25) is 11.8 Å². The number of nitrogens with one attached hydrogen (secondary N) is 3. The van der Waals surface area contributed by atoms with Crippen molar-refractivity contribution in [3.63, 3.8) is 0 Å². The summed E-state index contributed by atoms with van der Waals surface area (Å²) < 4.78 is 0.957. The van der Waals surface area contributed by atoms with E-state index in [1.54, 1.807) is 0 Å². The molecule has 8 heteroatoms. The molecule has 2 saturated carbocycles. The molecule has 2 amide bonds. The summed E-state index contributed by atoms with van der Waals surface area (Å²) >= 11 is 1.46. The molecule has 2 atom stereocenters. The number of carbonyl (C=O) groups is 2. The van der Waals surface area contributed by atoms with Crippen LogP contribution in [0.2, 0.25) is 0 Å². The molecule has 0 bridgehead atoms. The van der Waals surface area contributed by atoms with Crippen LogP contribution < -0.4 is 16.0 Å². The van der Waals surface area contributed by atoms with E-state index in [9.17, 15) is 9.59 Å². The third kappa shape index (κ3) is 5.71. The van der Waals surface area contributed by atoms with Gasteiger partial charge in [-0.3, -0.25) is 14.6 Å². The minimum absolute atomic E-state index is 0.0135. The largest absolute Gasteiger partial charge is 0.326 e. The number of amides is 2. The van der Waals surface area contributed by atoms with Gasteiger partial charge < -0.3 is 16.0 Å². The van der Waals surface area contributed by atoms with Crippen molar-refractivity contribution in [1.29, 1.82) is 0 Å². The van der Waals surface area contributed by atoms with Crippen LogP contribution in [0.25, 0.3) is 21.1 Å². The van der Waals surface area contributed by atoms with Crippen molar-refractivity contribution in [1.82, 2.24) is 15.3 Å². The molecule has 4 aromatic rings. The van der Waals surface area contributed by atoms with E-state index in [-0.39, 0.29) is 23.7 Å². The topological polar surface area (TPSA) is 96.0 Å². The zero-order valence-electron chi connectivity index (χ0n) is 21.4. The summed E-state index contributed by atoms with van der Waals surface area (Å²) in [5.74, 6) is 0.246. The summed E-state index contributed by atoms with van der Waals surface area (Å²) in [6, 6.07) is 16.5. The van der Waals surface area contributed by atoms with Crippen LogP contribution in [0, 0.1) is 11.8 Å². The second-order valence-electron chi connectivity index (χ2n) is 10.6. The first-order valence-corrected chi connectivity index (χ1v) is 14.5. The fraction of sp³-hybridized carbons (Fsp3) is 0.400. The number of hydrogen-bond acceptors (Lipinski definition) is 6. The first-order chi connectivity index (χ1) is 18.6. The number of pyridine rings is 1. The van der Waals surface area contributed by atoms with E-state index in [1.807, 2.05) is 30.5 Å². The lowest BCUT2D eigenvalue weighted by Gasteiger charge is -2.29.